The fourth-order valence-electron chi connectivity index (χ4n) is 8.33. The minimum absolute atomic E-state index is 0.00293. The molecule has 3 heterocycles. The Bertz CT molecular complexity index is 1720. The van der Waals surface area contributed by atoms with Crippen LogP contribution in [0.1, 0.15) is 103 Å². The monoisotopic (exact) mass is 662 g/mol. The maximum absolute atomic E-state index is 14.8. The standard InChI is InChI=1S/C38H46O10/c1-20(2)9-10-24-31-23(12-14-36(8,46-31)15-13-27(40)34(4,5)44)29(41)28-30(42)25-17-22-18-26-35(6,7)48-37(33(22)43,16-11-21(3)45-19-39)38(25,26)47-32(24)28/h9,11-12,14,17,19,22,26-27,40-41,44H,10,13,15-16,18H2,1-8H3/b21-11-/t22?,26?,27?,36-,37?,38+/m0/s1. The highest BCUT2D eigenvalue weighted by molar-refractivity contribution is 6.19. The second-order valence-electron chi connectivity index (χ2n) is 15.5. The van der Waals surface area contributed by atoms with Crippen LogP contribution in [0.25, 0.3) is 6.08 Å². The van der Waals surface area contributed by atoms with Crippen LogP contribution in [0.2, 0.25) is 0 Å². The van der Waals surface area contributed by atoms with Gasteiger partial charge in [-0.25, -0.2) is 0 Å². The van der Waals surface area contributed by atoms with Gasteiger partial charge in [0.25, 0.3) is 6.47 Å². The largest absolute Gasteiger partial charge is 0.506 e. The molecule has 0 radical (unpaired) electrons. The number of aliphatic hydroxyl groups is 2. The van der Waals surface area contributed by atoms with Crippen LogP contribution in [0.15, 0.2) is 41.2 Å². The molecule has 3 N–H and O–H groups in total. The number of fused-ring (bicyclic) bond motifs is 2. The molecule has 6 atom stereocenters. The average Bonchev–Trinajstić information content (AvgIpc) is 3.15. The molecule has 1 saturated heterocycles. The van der Waals surface area contributed by atoms with E-state index < -0.39 is 51.7 Å². The van der Waals surface area contributed by atoms with Crippen molar-refractivity contribution in [2.75, 3.05) is 0 Å². The summed E-state index contributed by atoms with van der Waals surface area (Å²) in [7, 11) is 0. The predicted octanol–water partition coefficient (Wildman–Crippen LogP) is 5.45. The van der Waals surface area contributed by atoms with E-state index in [2.05, 4.69) is 0 Å². The summed E-state index contributed by atoms with van der Waals surface area (Å²) >= 11 is 0. The number of Topliss-reactive ketones (excluding diaryl/α,β-unsaturated/α-hetero) is 2. The molecule has 0 amide bonds. The van der Waals surface area contributed by atoms with E-state index in [1.165, 1.54) is 0 Å². The van der Waals surface area contributed by atoms with E-state index in [-0.39, 0.29) is 41.4 Å². The minimum Gasteiger partial charge on any atom is -0.506 e. The van der Waals surface area contributed by atoms with Crippen molar-refractivity contribution in [3.05, 3.63) is 57.9 Å². The Morgan fingerprint density at radius 2 is 1.83 bits per heavy atom. The first-order valence-corrected chi connectivity index (χ1v) is 16.6. The van der Waals surface area contributed by atoms with Gasteiger partial charge in [-0.2, -0.15) is 0 Å². The zero-order valence-electron chi connectivity index (χ0n) is 28.9. The van der Waals surface area contributed by atoms with E-state index in [1.807, 2.05) is 40.7 Å². The molecule has 1 spiro atoms. The number of ether oxygens (including phenoxy) is 4. The predicted molar refractivity (Wildman–Crippen MR) is 177 cm³/mol. The molecule has 10 heteroatoms. The molecule has 4 unspecified atom stereocenters. The first-order valence-electron chi connectivity index (χ1n) is 16.6. The van der Waals surface area contributed by atoms with Crippen LogP contribution in [-0.4, -0.2) is 67.5 Å². The van der Waals surface area contributed by atoms with Gasteiger partial charge in [-0.15, -0.1) is 0 Å². The average molecular weight is 663 g/mol. The highest BCUT2D eigenvalue weighted by Gasteiger charge is 2.81. The molecule has 1 aromatic carbocycles. The number of phenolic OH excluding ortho intramolecular Hbond substituents is 1. The van der Waals surface area contributed by atoms with Gasteiger partial charge >= 0.3 is 0 Å². The molecular weight excluding hydrogens is 616 g/mol. The van der Waals surface area contributed by atoms with E-state index in [4.69, 9.17) is 18.9 Å². The Balaban J connectivity index is 1.55. The SMILES string of the molecule is CC(C)=CCc1c2c(c(O)c3c1O[C@]14C(=CC5CC1C(C)(C)OC4(C/C=C(/C)OC=O)C5=O)C3=O)C=C[C@@](C)(CCC(O)C(C)(C)O)O2. The summed E-state index contributed by atoms with van der Waals surface area (Å²) < 4.78 is 25.6. The van der Waals surface area contributed by atoms with Crippen molar-refractivity contribution in [2.24, 2.45) is 11.8 Å². The smallest absolute Gasteiger partial charge is 0.298 e. The number of hydrogen-bond acceptors (Lipinski definition) is 10. The molecule has 1 saturated carbocycles. The fourth-order valence-corrected chi connectivity index (χ4v) is 8.33. The third-order valence-electron chi connectivity index (χ3n) is 10.9. The number of allylic oxidation sites excluding steroid dienone is 4. The van der Waals surface area contributed by atoms with Crippen LogP contribution >= 0.6 is 0 Å². The summed E-state index contributed by atoms with van der Waals surface area (Å²) in [5.74, 6) is -1.11. The molecule has 3 aliphatic heterocycles. The van der Waals surface area contributed by atoms with Gasteiger partial charge in [0, 0.05) is 29.4 Å². The molecule has 0 aromatic heterocycles. The first kappa shape index (κ1) is 34.1. The summed E-state index contributed by atoms with van der Waals surface area (Å²) in [6.45, 7) is 14.6. The quantitative estimate of drug-likeness (QED) is 0.168. The van der Waals surface area contributed by atoms with Gasteiger partial charge in [-0.05, 0) is 99.3 Å². The highest BCUT2D eigenvalue weighted by Crippen LogP contribution is 2.68. The maximum atomic E-state index is 14.8. The zero-order valence-corrected chi connectivity index (χ0v) is 28.9. The highest BCUT2D eigenvalue weighted by atomic mass is 16.6. The Morgan fingerprint density at radius 1 is 1.12 bits per heavy atom. The lowest BCUT2D eigenvalue weighted by Crippen LogP contribution is -2.72. The van der Waals surface area contributed by atoms with E-state index >= 15 is 0 Å². The van der Waals surface area contributed by atoms with Crippen LogP contribution in [0.4, 0.5) is 0 Å². The van der Waals surface area contributed by atoms with Gasteiger partial charge < -0.3 is 34.3 Å². The number of aliphatic hydroxyl groups excluding tert-OH is 1. The van der Waals surface area contributed by atoms with E-state index in [1.54, 1.807) is 45.1 Å². The lowest BCUT2D eigenvalue weighted by Gasteiger charge is -2.56. The van der Waals surface area contributed by atoms with Crippen molar-refractivity contribution in [3.63, 3.8) is 0 Å². The van der Waals surface area contributed by atoms with E-state index in [9.17, 15) is 29.7 Å². The van der Waals surface area contributed by atoms with Crippen molar-refractivity contribution >= 4 is 24.1 Å². The van der Waals surface area contributed by atoms with Crippen LogP contribution in [-0.2, 0) is 25.5 Å². The lowest BCUT2D eigenvalue weighted by atomic mass is 9.51. The molecule has 7 rings (SSSR count). The van der Waals surface area contributed by atoms with Crippen LogP contribution < -0.4 is 9.47 Å². The molecule has 3 aliphatic carbocycles. The van der Waals surface area contributed by atoms with Gasteiger partial charge in [-0.1, -0.05) is 17.7 Å². The zero-order chi connectivity index (χ0) is 35.2. The van der Waals surface area contributed by atoms with Crippen LogP contribution in [0, 0.1) is 11.8 Å². The van der Waals surface area contributed by atoms with Gasteiger partial charge in [0.05, 0.1) is 22.9 Å². The first-order chi connectivity index (χ1) is 22.3. The van der Waals surface area contributed by atoms with Crippen LogP contribution in [0.3, 0.4) is 0 Å². The van der Waals surface area contributed by atoms with Gasteiger partial charge in [-0.3, -0.25) is 14.4 Å². The maximum Gasteiger partial charge on any atom is 0.298 e. The third kappa shape index (κ3) is 4.90. The van der Waals surface area contributed by atoms with Crippen molar-refractivity contribution in [1.29, 1.82) is 0 Å². The number of hydrogen-bond donors (Lipinski definition) is 3. The second kappa shape index (κ2) is 11.1. The Hall–Kier alpha value is -3.73. The molecular formula is C38H46O10. The van der Waals surface area contributed by atoms with Crippen molar-refractivity contribution in [1.82, 2.24) is 0 Å². The number of benzene rings is 1. The summed E-state index contributed by atoms with van der Waals surface area (Å²) in [5.41, 5.74) is -4.01. The lowest BCUT2D eigenvalue weighted by molar-refractivity contribution is -0.171. The van der Waals surface area contributed by atoms with Crippen molar-refractivity contribution in [3.8, 4) is 17.2 Å². The normalized spacial score (nSPS) is 31.5. The number of ketones is 2. The third-order valence-corrected chi connectivity index (χ3v) is 10.9. The number of phenols is 1. The Morgan fingerprint density at radius 3 is 2.48 bits per heavy atom. The van der Waals surface area contributed by atoms with Crippen LogP contribution in [0.5, 0.6) is 17.2 Å². The minimum atomic E-state index is -1.60. The van der Waals surface area contributed by atoms with E-state index in [0.717, 1.165) is 5.57 Å². The molecule has 6 aliphatic rings. The molecule has 1 aromatic rings. The molecule has 10 nitrogen and oxygen atoms in total. The van der Waals surface area contributed by atoms with Crippen molar-refractivity contribution < 1.29 is 48.7 Å². The number of carbonyl (C=O) groups is 3. The summed E-state index contributed by atoms with van der Waals surface area (Å²) in [5, 5.41) is 32.7. The number of carbonyl (C=O) groups excluding carboxylic acids is 3. The second-order valence-corrected chi connectivity index (χ2v) is 15.5. The summed E-state index contributed by atoms with van der Waals surface area (Å²) in [6, 6.07) is 0. The summed E-state index contributed by atoms with van der Waals surface area (Å²) in [6.07, 6.45) is 9.15. The van der Waals surface area contributed by atoms with Gasteiger partial charge in [0.2, 0.25) is 0 Å². The molecule has 48 heavy (non-hydrogen) atoms. The van der Waals surface area contributed by atoms with Gasteiger partial charge in [0.1, 0.15) is 34.2 Å². The number of rotatable bonds is 10. The topological polar surface area (TPSA) is 149 Å². The fraction of sp³-hybridized carbons (Fsp3) is 0.553. The number of aromatic hydroxyl groups is 1. The summed E-state index contributed by atoms with van der Waals surface area (Å²) in [4.78, 5) is 40.2. The Kier molecular flexibility index (Phi) is 7.93. The molecule has 258 valence electrons. The van der Waals surface area contributed by atoms with Gasteiger partial charge in [0.15, 0.2) is 22.8 Å². The van der Waals surface area contributed by atoms with E-state index in [0.29, 0.717) is 48.2 Å². The molecule has 2 fully saturated rings. The van der Waals surface area contributed by atoms with Crippen molar-refractivity contribution in [2.45, 2.75) is 122 Å². The Labute approximate surface area is 281 Å². The molecule has 4 bridgehead atoms.